The van der Waals surface area contributed by atoms with Crippen LogP contribution < -0.4 is 0 Å². The third-order valence-electron chi connectivity index (χ3n) is 8.50. The zero-order valence-corrected chi connectivity index (χ0v) is 29.3. The number of aliphatic hydroxyl groups excluding tert-OH is 1. The summed E-state index contributed by atoms with van der Waals surface area (Å²) in [5.74, 6) is -0.519. The van der Waals surface area contributed by atoms with Crippen LogP contribution in [0.4, 0.5) is 13.2 Å². The molecule has 266 valence electrons. The first-order valence-electron chi connectivity index (χ1n) is 16.7. The summed E-state index contributed by atoms with van der Waals surface area (Å²) in [5, 5.41) is 8.00. The van der Waals surface area contributed by atoms with Crippen LogP contribution in [0.25, 0.3) is 22.3 Å². The van der Waals surface area contributed by atoms with Crippen molar-refractivity contribution in [3.05, 3.63) is 107 Å². The first-order valence-corrected chi connectivity index (χ1v) is 16.7. The van der Waals surface area contributed by atoms with Crippen molar-refractivity contribution in [2.24, 2.45) is 11.8 Å². The maximum Gasteiger partial charge on any atom is 0.147 e. The number of carbonyl (C=O) groups is 2. The van der Waals surface area contributed by atoms with Gasteiger partial charge in [-0.1, -0.05) is 69.3 Å². The summed E-state index contributed by atoms with van der Waals surface area (Å²) in [7, 11) is 3.31. The Hall–Kier alpha value is -3.85. The molecule has 0 aromatic heterocycles. The molecular weight excluding hydrogens is 629 g/mol. The minimum absolute atomic E-state index is 0.105. The normalized spacial score (nSPS) is 15.4. The number of aldehydes is 2. The van der Waals surface area contributed by atoms with Crippen molar-refractivity contribution in [1.82, 2.24) is 0 Å². The molecule has 3 aromatic carbocycles. The van der Waals surface area contributed by atoms with Crippen LogP contribution in [0.5, 0.6) is 0 Å². The highest BCUT2D eigenvalue weighted by atomic mass is 19.1. The van der Waals surface area contributed by atoms with Crippen molar-refractivity contribution in [3.8, 4) is 22.3 Å². The van der Waals surface area contributed by atoms with Crippen LogP contribution in [-0.2, 0) is 25.5 Å². The fraction of sp³-hybridized carbons (Fsp3) is 0.415. The number of carbonyl (C=O) groups excluding carboxylic acids is 2. The van der Waals surface area contributed by atoms with Gasteiger partial charge in [-0.05, 0) is 96.9 Å². The molecule has 1 aliphatic carbocycles. The number of benzene rings is 3. The van der Waals surface area contributed by atoms with Crippen LogP contribution in [0.1, 0.15) is 69.4 Å². The van der Waals surface area contributed by atoms with Crippen molar-refractivity contribution in [2.75, 3.05) is 34.0 Å². The van der Waals surface area contributed by atoms with E-state index < -0.39 is 17.5 Å². The molecule has 4 rings (SSSR count). The molecule has 0 bridgehead atoms. The molecule has 0 radical (unpaired) electrons. The molecule has 0 atom stereocenters. The van der Waals surface area contributed by atoms with E-state index in [0.29, 0.717) is 36.6 Å². The lowest BCUT2D eigenvalue weighted by molar-refractivity contribution is -0.105. The molecule has 0 heterocycles. The smallest absolute Gasteiger partial charge is 0.147 e. The van der Waals surface area contributed by atoms with Gasteiger partial charge in [0, 0.05) is 31.3 Å². The topological polar surface area (TPSA) is 72.8 Å². The van der Waals surface area contributed by atoms with Crippen molar-refractivity contribution in [3.63, 3.8) is 0 Å². The van der Waals surface area contributed by atoms with Gasteiger partial charge in [-0.15, -0.1) is 0 Å². The average molecular weight is 681 g/mol. The zero-order valence-electron chi connectivity index (χ0n) is 29.3. The largest absolute Gasteiger partial charge is 0.392 e. The molecule has 0 aliphatic heterocycles. The lowest BCUT2D eigenvalue weighted by atomic mass is 9.77. The number of hydrogen-bond donors (Lipinski definition) is 1. The third-order valence-corrected chi connectivity index (χ3v) is 8.50. The molecule has 1 aliphatic rings. The van der Waals surface area contributed by atoms with Crippen LogP contribution in [0.15, 0.2) is 78.9 Å². The number of allylic oxidation sites excluding steroid dienone is 1. The monoisotopic (exact) mass is 680 g/mol. The Morgan fingerprint density at radius 3 is 1.86 bits per heavy atom. The second-order valence-corrected chi connectivity index (χ2v) is 12.6. The molecule has 1 fully saturated rings. The van der Waals surface area contributed by atoms with E-state index in [-0.39, 0.29) is 34.8 Å². The molecule has 0 saturated heterocycles. The quantitative estimate of drug-likeness (QED) is 0.136. The highest BCUT2D eigenvalue weighted by molar-refractivity contribution is 5.73. The van der Waals surface area contributed by atoms with E-state index in [4.69, 9.17) is 14.6 Å². The Bertz CT molecular complexity index is 1460. The molecule has 0 amide bonds. The van der Waals surface area contributed by atoms with E-state index in [1.165, 1.54) is 37.8 Å². The first kappa shape index (κ1) is 41.3. The second kappa shape index (κ2) is 22.0. The van der Waals surface area contributed by atoms with Gasteiger partial charge in [0.25, 0.3) is 0 Å². The number of rotatable bonds is 14. The first-order chi connectivity index (χ1) is 23.5. The van der Waals surface area contributed by atoms with Crippen molar-refractivity contribution >= 4 is 12.6 Å². The van der Waals surface area contributed by atoms with Crippen molar-refractivity contribution in [1.29, 1.82) is 0 Å². The van der Waals surface area contributed by atoms with E-state index in [9.17, 15) is 9.59 Å². The molecule has 49 heavy (non-hydrogen) atoms. The molecule has 0 unspecified atom stereocenters. The predicted octanol–water partition coefficient (Wildman–Crippen LogP) is 9.46. The second-order valence-electron chi connectivity index (χ2n) is 12.6. The summed E-state index contributed by atoms with van der Waals surface area (Å²) in [4.78, 5) is 18.9. The molecule has 0 spiro atoms. The SMILES string of the molecule is C=C(C)C=O.C=C(C=O)CO.CCCC1CCC(c2ccc(-c3cc(F)c(-c4ccc(CC(COC)COC)cc4)c(F)c3)c(F)c2)CC1. The lowest BCUT2D eigenvalue weighted by Gasteiger charge is -2.28. The molecule has 3 aromatic rings. The summed E-state index contributed by atoms with van der Waals surface area (Å²) in [6.07, 6.45) is 8.96. The number of methoxy groups -OCH3 is 2. The van der Waals surface area contributed by atoms with E-state index in [1.807, 2.05) is 18.2 Å². The molecule has 1 N–H and O–H groups in total. The highest BCUT2D eigenvalue weighted by Gasteiger charge is 2.23. The third kappa shape index (κ3) is 13.5. The minimum Gasteiger partial charge on any atom is -0.392 e. The Morgan fingerprint density at radius 1 is 0.857 bits per heavy atom. The van der Waals surface area contributed by atoms with Crippen LogP contribution in [0.3, 0.4) is 0 Å². The van der Waals surface area contributed by atoms with Gasteiger partial charge < -0.3 is 14.6 Å². The van der Waals surface area contributed by atoms with E-state index in [2.05, 4.69) is 20.1 Å². The molecule has 1 saturated carbocycles. The van der Waals surface area contributed by atoms with Gasteiger partial charge in [0.2, 0.25) is 0 Å². The number of ether oxygens (including phenoxy) is 2. The van der Waals surface area contributed by atoms with Crippen LogP contribution in [0.2, 0.25) is 0 Å². The standard InChI is InChI=1S/C33H39F3O2.C4H6O2.C4H6O/c1-4-5-22-6-10-25(11-7-22)27-14-15-29(30(34)17-27)28-18-31(35)33(32(36)19-28)26-12-8-23(9-13-26)16-24(20-37-2)21-38-3;1-4(2-5)3-6;1-4(2)3-5/h8-9,12-15,17-19,22,24-25H,4-7,10-11,16,20-21H2,1-3H3;2,6H,1,3H2;3H,1H2,2H3. The van der Waals surface area contributed by atoms with Gasteiger partial charge in [-0.3, -0.25) is 9.59 Å². The maximum atomic E-state index is 15.2. The van der Waals surface area contributed by atoms with Crippen LogP contribution in [-0.4, -0.2) is 51.7 Å². The lowest BCUT2D eigenvalue weighted by Crippen LogP contribution is -2.17. The summed E-state index contributed by atoms with van der Waals surface area (Å²) >= 11 is 0. The van der Waals surface area contributed by atoms with Crippen LogP contribution in [0, 0.1) is 29.3 Å². The van der Waals surface area contributed by atoms with Gasteiger partial charge in [-0.25, -0.2) is 13.2 Å². The van der Waals surface area contributed by atoms with Crippen LogP contribution >= 0.6 is 0 Å². The van der Waals surface area contributed by atoms with Gasteiger partial charge in [0.1, 0.15) is 30.0 Å². The van der Waals surface area contributed by atoms with Gasteiger partial charge in [0.05, 0.1) is 25.4 Å². The average Bonchev–Trinajstić information content (AvgIpc) is 3.09. The fourth-order valence-corrected chi connectivity index (χ4v) is 6.03. The van der Waals surface area contributed by atoms with Crippen molar-refractivity contribution in [2.45, 2.75) is 64.7 Å². The van der Waals surface area contributed by atoms with E-state index in [0.717, 1.165) is 42.6 Å². The highest BCUT2D eigenvalue weighted by Crippen LogP contribution is 2.39. The zero-order chi connectivity index (χ0) is 36.3. The molecule has 8 heteroatoms. The fourth-order valence-electron chi connectivity index (χ4n) is 6.03. The Labute approximate surface area is 289 Å². The molecule has 5 nitrogen and oxygen atoms in total. The summed E-state index contributed by atoms with van der Waals surface area (Å²) in [6, 6.07) is 14.8. The summed E-state index contributed by atoms with van der Waals surface area (Å²) in [5.41, 5.74) is 3.57. The summed E-state index contributed by atoms with van der Waals surface area (Å²) in [6.45, 7) is 11.3. The number of halogens is 3. The van der Waals surface area contributed by atoms with Crippen molar-refractivity contribution < 1.29 is 37.3 Å². The van der Waals surface area contributed by atoms with Gasteiger partial charge in [-0.2, -0.15) is 0 Å². The Balaban J connectivity index is 0.000000656. The van der Waals surface area contributed by atoms with E-state index in [1.54, 1.807) is 45.4 Å². The number of hydrogen-bond acceptors (Lipinski definition) is 5. The Kier molecular flexibility index (Phi) is 18.5. The summed E-state index contributed by atoms with van der Waals surface area (Å²) < 4.78 is 56.1. The Morgan fingerprint density at radius 2 is 1.43 bits per heavy atom. The molecular formula is C41H51F3O5. The number of aliphatic hydroxyl groups is 1. The minimum atomic E-state index is -0.706. The predicted molar refractivity (Wildman–Crippen MR) is 191 cm³/mol. The van der Waals surface area contributed by atoms with E-state index >= 15 is 13.2 Å². The van der Waals surface area contributed by atoms with Gasteiger partial charge >= 0.3 is 0 Å². The maximum absolute atomic E-state index is 15.2. The van der Waals surface area contributed by atoms with Gasteiger partial charge in [0.15, 0.2) is 0 Å².